The van der Waals surface area contributed by atoms with Crippen LogP contribution < -0.4 is 5.32 Å². The number of hydrogen-bond donors (Lipinski definition) is 2. The summed E-state index contributed by atoms with van der Waals surface area (Å²) in [6.07, 6.45) is 0.0115. The lowest BCUT2D eigenvalue weighted by Crippen LogP contribution is -2.64. The van der Waals surface area contributed by atoms with Gasteiger partial charge in [0, 0.05) is 12.5 Å². The summed E-state index contributed by atoms with van der Waals surface area (Å²) in [5, 5.41) is 11.5. The molecule has 8 nitrogen and oxygen atoms in total. The largest absolute Gasteiger partial charge is 0.480 e. The molecule has 2 aliphatic rings. The van der Waals surface area contributed by atoms with Gasteiger partial charge in [-0.1, -0.05) is 55.5 Å². The molecule has 1 unspecified atom stereocenters. The highest BCUT2D eigenvalue weighted by atomic mass is 16.5. The van der Waals surface area contributed by atoms with E-state index in [9.17, 15) is 14.4 Å². The first-order chi connectivity index (χ1) is 16.3. The number of carbonyl (C=O) groups is 3. The predicted octanol–water partition coefficient (Wildman–Crippen LogP) is 3.25. The number of amides is 2. The van der Waals surface area contributed by atoms with E-state index in [-0.39, 0.29) is 37.5 Å². The minimum absolute atomic E-state index is 0.0219. The maximum Gasteiger partial charge on any atom is 0.407 e. The van der Waals surface area contributed by atoms with Crippen molar-refractivity contribution in [3.8, 4) is 11.1 Å². The Balaban J connectivity index is 1.27. The van der Waals surface area contributed by atoms with Gasteiger partial charge in [0.25, 0.3) is 0 Å². The lowest BCUT2D eigenvalue weighted by atomic mass is 9.93. The molecule has 0 saturated carbocycles. The summed E-state index contributed by atoms with van der Waals surface area (Å²) < 4.78 is 10.9. The molecule has 1 fully saturated rings. The van der Waals surface area contributed by atoms with Gasteiger partial charge in [-0.15, -0.1) is 0 Å². The average molecular weight is 467 g/mol. The molecule has 1 heterocycles. The van der Waals surface area contributed by atoms with Crippen molar-refractivity contribution in [3.63, 3.8) is 0 Å². The van der Waals surface area contributed by atoms with Crippen LogP contribution in [0, 0.1) is 5.92 Å². The van der Waals surface area contributed by atoms with Crippen molar-refractivity contribution in [1.29, 1.82) is 0 Å². The summed E-state index contributed by atoms with van der Waals surface area (Å²) in [4.78, 5) is 37.6. The minimum Gasteiger partial charge on any atom is -0.480 e. The van der Waals surface area contributed by atoms with E-state index >= 15 is 0 Å². The van der Waals surface area contributed by atoms with E-state index in [1.165, 1.54) is 0 Å². The Morgan fingerprint density at radius 3 is 2.24 bits per heavy atom. The topological polar surface area (TPSA) is 105 Å². The number of hydrogen-bond acceptors (Lipinski definition) is 5. The number of benzene rings is 2. The van der Waals surface area contributed by atoms with Gasteiger partial charge in [-0.2, -0.15) is 0 Å². The van der Waals surface area contributed by atoms with E-state index in [0.29, 0.717) is 19.5 Å². The smallest absolute Gasteiger partial charge is 0.407 e. The number of likely N-dealkylation sites (tertiary alicyclic amines) is 1. The van der Waals surface area contributed by atoms with E-state index in [0.717, 1.165) is 22.3 Å². The van der Waals surface area contributed by atoms with Gasteiger partial charge in [0.2, 0.25) is 5.91 Å². The first-order valence-electron chi connectivity index (χ1n) is 11.5. The molecular weight excluding hydrogens is 436 g/mol. The van der Waals surface area contributed by atoms with E-state index in [2.05, 4.69) is 29.6 Å². The first kappa shape index (κ1) is 23.8. The molecule has 0 aromatic heterocycles. The van der Waals surface area contributed by atoms with Crippen molar-refractivity contribution in [3.05, 3.63) is 59.7 Å². The van der Waals surface area contributed by atoms with Gasteiger partial charge in [0.1, 0.15) is 18.8 Å². The van der Waals surface area contributed by atoms with Crippen molar-refractivity contribution >= 4 is 18.0 Å². The van der Waals surface area contributed by atoms with Gasteiger partial charge in [-0.3, -0.25) is 4.79 Å². The number of rotatable bonds is 9. The van der Waals surface area contributed by atoms with Gasteiger partial charge in [0.15, 0.2) is 0 Å². The van der Waals surface area contributed by atoms with Crippen molar-refractivity contribution in [2.45, 2.75) is 31.8 Å². The minimum atomic E-state index is -1.04. The zero-order valence-corrected chi connectivity index (χ0v) is 19.5. The average Bonchev–Trinajstić information content (AvgIpc) is 3.13. The van der Waals surface area contributed by atoms with E-state index in [4.69, 9.17) is 14.6 Å². The van der Waals surface area contributed by atoms with Gasteiger partial charge < -0.3 is 24.8 Å². The Bertz CT molecular complexity index is 1030. The molecule has 34 heavy (non-hydrogen) atoms. The summed E-state index contributed by atoms with van der Waals surface area (Å²) in [5.41, 5.74) is 3.97. The molecular formula is C26H30N2O6. The molecule has 1 aliphatic heterocycles. The number of alkyl carbamates (subject to hydrolysis) is 1. The lowest BCUT2D eigenvalue weighted by molar-refractivity contribution is -0.175. The Labute approximate surface area is 198 Å². The summed E-state index contributed by atoms with van der Waals surface area (Å²) >= 11 is 0. The van der Waals surface area contributed by atoms with Crippen LogP contribution >= 0.6 is 0 Å². The second-order valence-corrected chi connectivity index (χ2v) is 9.14. The van der Waals surface area contributed by atoms with Crippen LogP contribution in [0.1, 0.15) is 37.3 Å². The van der Waals surface area contributed by atoms with Crippen LogP contribution in [0.3, 0.4) is 0 Å². The molecule has 2 aromatic rings. The lowest BCUT2D eigenvalue weighted by Gasteiger charge is -2.48. The third-order valence-electron chi connectivity index (χ3n) is 6.58. The molecule has 2 amide bonds. The molecule has 0 radical (unpaired) electrons. The van der Waals surface area contributed by atoms with Crippen LogP contribution in [-0.2, 0) is 19.1 Å². The zero-order chi connectivity index (χ0) is 24.3. The quantitative estimate of drug-likeness (QED) is 0.588. The molecule has 4 rings (SSSR count). The second kappa shape index (κ2) is 9.85. The highest BCUT2D eigenvalue weighted by Gasteiger charge is 2.44. The number of aliphatic carboxylic acids is 1. The fourth-order valence-corrected chi connectivity index (χ4v) is 4.76. The molecule has 0 bridgehead atoms. The summed E-state index contributed by atoms with van der Waals surface area (Å²) in [6, 6.07) is 16.3. The number of nitrogens with one attached hydrogen (secondary N) is 1. The third kappa shape index (κ3) is 4.92. The highest BCUT2D eigenvalue weighted by molar-refractivity contribution is 5.81. The zero-order valence-electron chi connectivity index (χ0n) is 19.5. The summed E-state index contributed by atoms with van der Waals surface area (Å²) in [6.45, 7) is 4.35. The number of carboxylic acid groups (broad SMARTS) is 1. The Kier molecular flexibility index (Phi) is 6.88. The molecule has 2 aromatic carbocycles. The first-order valence-corrected chi connectivity index (χ1v) is 11.5. The number of ether oxygens (including phenoxy) is 2. The predicted molar refractivity (Wildman–Crippen MR) is 125 cm³/mol. The van der Waals surface area contributed by atoms with Gasteiger partial charge in [-0.05, 0) is 35.6 Å². The van der Waals surface area contributed by atoms with Crippen LogP contribution in [0.15, 0.2) is 48.5 Å². The molecule has 0 spiro atoms. The normalized spacial score (nSPS) is 16.7. The van der Waals surface area contributed by atoms with Gasteiger partial charge >= 0.3 is 12.1 Å². The van der Waals surface area contributed by atoms with Crippen LogP contribution in [0.25, 0.3) is 11.1 Å². The number of fused-ring (bicyclic) bond motifs is 3. The Morgan fingerprint density at radius 2 is 1.68 bits per heavy atom. The molecule has 8 heteroatoms. The highest BCUT2D eigenvalue weighted by Crippen LogP contribution is 2.44. The molecule has 180 valence electrons. The Morgan fingerprint density at radius 1 is 1.09 bits per heavy atom. The maximum atomic E-state index is 12.8. The maximum absolute atomic E-state index is 12.8. The van der Waals surface area contributed by atoms with Gasteiger partial charge in [0.05, 0.1) is 19.0 Å². The Hall–Kier alpha value is -3.39. The van der Waals surface area contributed by atoms with Crippen molar-refractivity contribution < 1.29 is 29.0 Å². The fourth-order valence-electron chi connectivity index (χ4n) is 4.76. The van der Waals surface area contributed by atoms with Crippen molar-refractivity contribution in [1.82, 2.24) is 10.2 Å². The van der Waals surface area contributed by atoms with Crippen molar-refractivity contribution in [2.24, 2.45) is 5.92 Å². The molecule has 1 saturated heterocycles. The third-order valence-corrected chi connectivity index (χ3v) is 6.58. The van der Waals surface area contributed by atoms with Crippen LogP contribution in [0.5, 0.6) is 0 Å². The van der Waals surface area contributed by atoms with E-state index in [1.54, 1.807) is 11.8 Å². The molecule has 1 atom stereocenters. The number of carboxylic acids is 1. The van der Waals surface area contributed by atoms with Crippen LogP contribution in [-0.4, -0.2) is 66.4 Å². The second-order valence-electron chi connectivity index (χ2n) is 9.14. The van der Waals surface area contributed by atoms with E-state index in [1.807, 2.05) is 31.2 Å². The SMILES string of the molecule is CCC(CNC(=O)OCC1c2ccccc2-c2ccccc21)C(=O)N1CC(C)(OCC(=O)O)C1. The van der Waals surface area contributed by atoms with Crippen LogP contribution in [0.2, 0.25) is 0 Å². The number of carbonyl (C=O) groups excluding carboxylic acids is 2. The summed E-state index contributed by atoms with van der Waals surface area (Å²) in [7, 11) is 0. The van der Waals surface area contributed by atoms with Crippen molar-refractivity contribution in [2.75, 3.05) is 32.8 Å². The van der Waals surface area contributed by atoms with E-state index < -0.39 is 17.7 Å². The fraction of sp³-hybridized carbons (Fsp3) is 0.423. The standard InChI is InChI=1S/C26H30N2O6/c1-3-17(24(31)28-15-26(2,16-28)34-14-23(29)30)12-27-25(32)33-13-22-20-10-6-4-8-18(20)19-9-5-7-11-21(19)22/h4-11,17,22H,3,12-16H2,1-2H3,(H,27,32)(H,29,30). The molecule has 1 aliphatic carbocycles. The monoisotopic (exact) mass is 466 g/mol. The molecule has 2 N–H and O–H groups in total. The number of nitrogens with zero attached hydrogens (tertiary/aromatic N) is 1. The van der Waals surface area contributed by atoms with Gasteiger partial charge in [-0.25, -0.2) is 9.59 Å². The van der Waals surface area contributed by atoms with Crippen LogP contribution in [0.4, 0.5) is 4.79 Å². The summed E-state index contributed by atoms with van der Waals surface area (Å²) in [5.74, 6) is -1.53.